The molecule has 0 fully saturated rings. The molecule has 4 rings (SSSR count). The highest BCUT2D eigenvalue weighted by Gasteiger charge is 2.25. The first-order valence-electron chi connectivity index (χ1n) is 9.91. The van der Waals surface area contributed by atoms with E-state index in [-0.39, 0.29) is 10.8 Å². The van der Waals surface area contributed by atoms with Crippen molar-refractivity contribution in [2.45, 2.75) is 22.5 Å². The van der Waals surface area contributed by atoms with Gasteiger partial charge in [-0.3, -0.25) is 9.59 Å². The first-order valence-corrected chi connectivity index (χ1v) is 12.4. The van der Waals surface area contributed by atoms with E-state index in [1.807, 2.05) is 0 Å². The van der Waals surface area contributed by atoms with Gasteiger partial charge in [0, 0.05) is 17.4 Å². The number of halogens is 2. The Bertz CT molecular complexity index is 1410. The highest BCUT2D eigenvalue weighted by molar-refractivity contribution is 8.04. The third-order valence-electron chi connectivity index (χ3n) is 4.84. The predicted octanol–water partition coefficient (Wildman–Crippen LogP) is 4.95. The van der Waals surface area contributed by atoms with Gasteiger partial charge in [-0.15, -0.1) is 0 Å². The number of ether oxygens (including phenoxy) is 1. The van der Waals surface area contributed by atoms with E-state index >= 15 is 0 Å². The van der Waals surface area contributed by atoms with Gasteiger partial charge in [-0.1, -0.05) is 30.0 Å². The molecule has 1 N–H and O–H groups in total. The van der Waals surface area contributed by atoms with Crippen molar-refractivity contribution < 1.29 is 31.5 Å². The molecule has 6 nitrogen and oxygen atoms in total. The third-order valence-corrected chi connectivity index (χ3v) is 7.56. The van der Waals surface area contributed by atoms with E-state index in [0.29, 0.717) is 26.8 Å². The minimum absolute atomic E-state index is 0.123. The minimum Gasteiger partial charge on any atom is -0.427 e. The molecule has 0 spiro atoms. The van der Waals surface area contributed by atoms with Crippen molar-refractivity contribution in [1.82, 2.24) is 0 Å². The highest BCUT2D eigenvalue weighted by atomic mass is 32.2. The van der Waals surface area contributed by atoms with E-state index in [4.69, 9.17) is 4.74 Å². The van der Waals surface area contributed by atoms with E-state index in [2.05, 4.69) is 5.32 Å². The average Bonchev–Trinajstić information content (AvgIpc) is 2.77. The second kappa shape index (κ2) is 9.40. The number of anilines is 1. The third kappa shape index (κ3) is 5.18. The number of carbonyl (C=O) groups excluding carboxylic acids is 2. The molecule has 10 heteroatoms. The fourth-order valence-corrected chi connectivity index (χ4v) is 5.68. The molecule has 1 aliphatic rings. The van der Waals surface area contributed by atoms with Crippen LogP contribution in [0, 0.1) is 11.6 Å². The second-order valence-electron chi connectivity index (χ2n) is 7.34. The summed E-state index contributed by atoms with van der Waals surface area (Å²) in [6.45, 7) is 1.29. The number of carbonyl (C=O) groups is 2. The van der Waals surface area contributed by atoms with Crippen molar-refractivity contribution in [3.63, 3.8) is 0 Å². The quantitative estimate of drug-likeness (QED) is 0.302. The summed E-state index contributed by atoms with van der Waals surface area (Å²) in [4.78, 5) is 24.2. The molecular formula is C24H17F2NO5S2. The summed E-state index contributed by atoms with van der Waals surface area (Å²) in [6, 6.07) is 13.8. The van der Waals surface area contributed by atoms with Gasteiger partial charge in [0.25, 0.3) is 5.91 Å². The number of nitrogens with one attached hydrogen (secondary N) is 1. The fraction of sp³-hybridized carbons (Fsp3) is 0.0833. The van der Waals surface area contributed by atoms with Crippen LogP contribution < -0.4 is 10.1 Å². The van der Waals surface area contributed by atoms with Gasteiger partial charge in [0.15, 0.2) is 9.84 Å². The Morgan fingerprint density at radius 3 is 2.38 bits per heavy atom. The van der Waals surface area contributed by atoms with Gasteiger partial charge in [0.2, 0.25) is 0 Å². The maximum atomic E-state index is 14.0. The standard InChI is InChI=1S/C24H17F2NO5S2/c1-14(28)32-16-7-5-15(6-8-16)11-23-24(29)27-21-10-9-17(12-22(21)33-23)34(30,31)13-18-19(25)3-2-4-20(18)26/h2-12H,13H2,1H3,(H,27,29)/b23-11-. The highest BCUT2D eigenvalue weighted by Crippen LogP contribution is 2.40. The van der Waals surface area contributed by atoms with Gasteiger partial charge in [0.1, 0.15) is 17.4 Å². The molecule has 3 aromatic rings. The van der Waals surface area contributed by atoms with Crippen LogP contribution in [0.5, 0.6) is 5.75 Å². The van der Waals surface area contributed by atoms with Crippen LogP contribution >= 0.6 is 11.8 Å². The van der Waals surface area contributed by atoms with Crippen LogP contribution in [0.4, 0.5) is 14.5 Å². The Labute approximate surface area is 198 Å². The minimum atomic E-state index is -4.06. The number of hydrogen-bond donors (Lipinski definition) is 1. The van der Waals surface area contributed by atoms with E-state index in [1.54, 1.807) is 30.3 Å². The Morgan fingerprint density at radius 2 is 1.74 bits per heavy atom. The van der Waals surface area contributed by atoms with Crippen molar-refractivity contribution >= 4 is 45.2 Å². The fourth-order valence-electron chi connectivity index (χ4n) is 3.22. The van der Waals surface area contributed by atoms with Crippen LogP contribution in [0.25, 0.3) is 6.08 Å². The summed E-state index contributed by atoms with van der Waals surface area (Å²) >= 11 is 1.07. The van der Waals surface area contributed by atoms with E-state index in [0.717, 1.165) is 30.0 Å². The van der Waals surface area contributed by atoms with E-state index in [1.165, 1.54) is 25.1 Å². The summed E-state index contributed by atoms with van der Waals surface area (Å²) in [5.74, 6) is -3.17. The number of fused-ring (bicyclic) bond motifs is 1. The Hall–Kier alpha value is -3.50. The maximum absolute atomic E-state index is 14.0. The maximum Gasteiger partial charge on any atom is 0.308 e. The number of benzene rings is 3. The van der Waals surface area contributed by atoms with Crippen LogP contribution in [-0.2, 0) is 25.2 Å². The molecule has 0 radical (unpaired) electrons. The Morgan fingerprint density at radius 1 is 1.06 bits per heavy atom. The topological polar surface area (TPSA) is 89.5 Å². The molecule has 174 valence electrons. The molecule has 1 amide bonds. The number of thioether (sulfide) groups is 1. The molecule has 0 unspecified atom stereocenters. The van der Waals surface area contributed by atoms with Crippen molar-refractivity contribution in [2.75, 3.05) is 5.32 Å². The molecule has 34 heavy (non-hydrogen) atoms. The number of esters is 1. The molecule has 0 bridgehead atoms. The zero-order chi connectivity index (χ0) is 24.5. The summed E-state index contributed by atoms with van der Waals surface area (Å²) in [7, 11) is -4.06. The van der Waals surface area contributed by atoms with Gasteiger partial charge >= 0.3 is 5.97 Å². The molecular weight excluding hydrogens is 484 g/mol. The largest absolute Gasteiger partial charge is 0.427 e. The normalized spacial score (nSPS) is 14.4. The summed E-state index contributed by atoms with van der Waals surface area (Å²) in [5, 5.41) is 2.70. The van der Waals surface area contributed by atoms with Crippen molar-refractivity contribution in [3.05, 3.63) is 88.3 Å². The molecule has 3 aromatic carbocycles. The summed E-state index contributed by atoms with van der Waals surface area (Å²) in [5.41, 5.74) is 0.558. The second-order valence-corrected chi connectivity index (χ2v) is 10.4. The number of amides is 1. The zero-order valence-electron chi connectivity index (χ0n) is 17.7. The smallest absolute Gasteiger partial charge is 0.308 e. The van der Waals surface area contributed by atoms with Gasteiger partial charge in [0.05, 0.1) is 21.2 Å². The lowest BCUT2D eigenvalue weighted by molar-refractivity contribution is -0.131. The van der Waals surface area contributed by atoms with E-state index in [9.17, 15) is 26.8 Å². The van der Waals surface area contributed by atoms with Crippen molar-refractivity contribution in [1.29, 1.82) is 0 Å². The van der Waals surface area contributed by atoms with Crippen LogP contribution in [0.1, 0.15) is 18.1 Å². The molecule has 0 atom stereocenters. The molecule has 0 aromatic heterocycles. The van der Waals surface area contributed by atoms with E-state index < -0.39 is 38.8 Å². The molecule has 0 aliphatic carbocycles. The molecule has 0 saturated heterocycles. The molecule has 1 aliphatic heterocycles. The average molecular weight is 502 g/mol. The van der Waals surface area contributed by atoms with Crippen LogP contribution in [0.2, 0.25) is 0 Å². The summed E-state index contributed by atoms with van der Waals surface area (Å²) < 4.78 is 58.6. The molecule has 1 heterocycles. The van der Waals surface area contributed by atoms with Crippen LogP contribution in [-0.4, -0.2) is 20.3 Å². The Kier molecular flexibility index (Phi) is 6.54. The zero-order valence-corrected chi connectivity index (χ0v) is 19.3. The SMILES string of the molecule is CC(=O)Oc1ccc(/C=C2\Sc3cc(S(=O)(=O)Cc4c(F)cccc4F)ccc3NC2=O)cc1. The Balaban J connectivity index is 1.60. The lowest BCUT2D eigenvalue weighted by Gasteiger charge is -2.19. The first kappa shape index (κ1) is 23.7. The van der Waals surface area contributed by atoms with Crippen molar-refractivity contribution in [3.8, 4) is 5.75 Å². The van der Waals surface area contributed by atoms with Crippen LogP contribution in [0.3, 0.4) is 0 Å². The van der Waals surface area contributed by atoms with Crippen molar-refractivity contribution in [2.24, 2.45) is 0 Å². The number of rotatable bonds is 5. The van der Waals surface area contributed by atoms with Gasteiger partial charge < -0.3 is 10.1 Å². The lowest BCUT2D eigenvalue weighted by atomic mass is 10.2. The number of hydrogen-bond acceptors (Lipinski definition) is 6. The molecule has 0 saturated carbocycles. The monoisotopic (exact) mass is 501 g/mol. The van der Waals surface area contributed by atoms with Gasteiger partial charge in [-0.25, -0.2) is 17.2 Å². The van der Waals surface area contributed by atoms with Crippen LogP contribution in [0.15, 0.2) is 75.4 Å². The summed E-state index contributed by atoms with van der Waals surface area (Å²) in [6.07, 6.45) is 1.61. The van der Waals surface area contributed by atoms with Gasteiger partial charge in [-0.05, 0) is 54.1 Å². The van der Waals surface area contributed by atoms with Gasteiger partial charge in [-0.2, -0.15) is 0 Å². The first-order chi connectivity index (χ1) is 16.1. The predicted molar refractivity (Wildman–Crippen MR) is 124 cm³/mol. The lowest BCUT2D eigenvalue weighted by Crippen LogP contribution is -2.18. The number of sulfone groups is 1.